The predicted molar refractivity (Wildman–Crippen MR) is 182 cm³/mol. The maximum Gasteiger partial charge on any atom is 0.413 e. The Hall–Kier alpha value is -6.01. The number of amides is 1. The standard InChI is InChI=1S/C36H32N10O2/c1-44(36(47)48)35-43-42-34-28-21-27(24-7-3-2-4-8-24)31(38-29(28)16-20-46(34)35)25-12-10-23(11-13-25)22-45-18-14-26(15-19-45)32-39-33(41-40-32)30-9-5-6-17-37-30/h2-13,16-17,20-21,26H,14-15,18-19,22H2,1H3,(H,47,48)(H,39,40,41). The Morgan fingerprint density at radius 2 is 1.71 bits per heavy atom. The van der Waals surface area contributed by atoms with Crippen LogP contribution in [0.1, 0.15) is 30.1 Å². The summed E-state index contributed by atoms with van der Waals surface area (Å²) in [5.41, 5.74) is 7.21. The summed E-state index contributed by atoms with van der Waals surface area (Å²) in [6.07, 6.45) is 4.45. The van der Waals surface area contributed by atoms with E-state index in [0.717, 1.165) is 82.2 Å². The van der Waals surface area contributed by atoms with Crippen LogP contribution in [0.3, 0.4) is 0 Å². The molecule has 2 aromatic carbocycles. The number of aromatic amines is 1. The largest absolute Gasteiger partial charge is 0.465 e. The molecule has 5 aromatic heterocycles. The number of carboxylic acid groups (broad SMARTS) is 1. The van der Waals surface area contributed by atoms with Crippen LogP contribution in [0.2, 0.25) is 0 Å². The Kier molecular flexibility index (Phi) is 7.54. The number of hydrogen-bond donors (Lipinski definition) is 2. The van der Waals surface area contributed by atoms with E-state index in [-0.39, 0.29) is 5.95 Å². The number of fused-ring (bicyclic) bond motifs is 3. The molecule has 1 amide bonds. The molecule has 1 aliphatic rings. The molecule has 0 unspecified atom stereocenters. The molecule has 2 N–H and O–H groups in total. The molecule has 0 radical (unpaired) electrons. The van der Waals surface area contributed by atoms with Crippen molar-refractivity contribution in [3.63, 3.8) is 0 Å². The normalized spacial score (nSPS) is 14.1. The number of benzene rings is 2. The van der Waals surface area contributed by atoms with Gasteiger partial charge in [-0.05, 0) is 61.3 Å². The zero-order valence-corrected chi connectivity index (χ0v) is 26.2. The van der Waals surface area contributed by atoms with Gasteiger partial charge in [-0.1, -0.05) is 60.7 Å². The van der Waals surface area contributed by atoms with Crippen molar-refractivity contribution in [1.29, 1.82) is 0 Å². The second kappa shape index (κ2) is 12.3. The fourth-order valence-corrected chi connectivity index (χ4v) is 6.42. The fraction of sp³-hybridized carbons (Fsp3) is 0.194. The lowest BCUT2D eigenvalue weighted by molar-refractivity contribution is 0.202. The minimum Gasteiger partial charge on any atom is -0.465 e. The Labute approximate surface area is 275 Å². The highest BCUT2D eigenvalue weighted by Crippen LogP contribution is 2.35. The summed E-state index contributed by atoms with van der Waals surface area (Å²) in [6.45, 7) is 2.84. The van der Waals surface area contributed by atoms with Crippen molar-refractivity contribution in [3.8, 4) is 33.9 Å². The monoisotopic (exact) mass is 636 g/mol. The average Bonchev–Trinajstić information content (AvgIpc) is 3.81. The van der Waals surface area contributed by atoms with E-state index in [0.29, 0.717) is 17.4 Å². The van der Waals surface area contributed by atoms with Crippen LogP contribution in [0.25, 0.3) is 50.5 Å². The van der Waals surface area contributed by atoms with E-state index in [4.69, 9.17) is 4.98 Å². The molecule has 1 aliphatic heterocycles. The van der Waals surface area contributed by atoms with Gasteiger partial charge in [0.05, 0.1) is 11.2 Å². The van der Waals surface area contributed by atoms with Crippen LogP contribution >= 0.6 is 0 Å². The fourth-order valence-electron chi connectivity index (χ4n) is 6.42. The van der Waals surface area contributed by atoms with Crippen molar-refractivity contribution in [2.75, 3.05) is 25.0 Å². The van der Waals surface area contributed by atoms with Crippen molar-refractivity contribution in [2.24, 2.45) is 0 Å². The van der Waals surface area contributed by atoms with Gasteiger partial charge >= 0.3 is 6.09 Å². The number of nitrogens with one attached hydrogen (secondary N) is 1. The van der Waals surface area contributed by atoms with Gasteiger partial charge < -0.3 is 10.1 Å². The van der Waals surface area contributed by atoms with E-state index < -0.39 is 6.09 Å². The van der Waals surface area contributed by atoms with E-state index in [2.05, 4.69) is 77.7 Å². The molecule has 0 aliphatic carbocycles. The number of pyridine rings is 3. The molecule has 12 heteroatoms. The van der Waals surface area contributed by atoms with Gasteiger partial charge in [0.15, 0.2) is 11.5 Å². The summed E-state index contributed by atoms with van der Waals surface area (Å²) < 4.78 is 1.68. The molecule has 12 nitrogen and oxygen atoms in total. The van der Waals surface area contributed by atoms with Gasteiger partial charge in [-0.15, -0.1) is 20.4 Å². The number of nitrogens with zero attached hydrogens (tertiary/aromatic N) is 9. The molecule has 48 heavy (non-hydrogen) atoms. The van der Waals surface area contributed by atoms with E-state index in [1.165, 1.54) is 12.6 Å². The minimum absolute atomic E-state index is 0.220. The molecule has 0 bridgehead atoms. The van der Waals surface area contributed by atoms with Crippen molar-refractivity contribution >= 4 is 28.6 Å². The Morgan fingerprint density at radius 1 is 0.917 bits per heavy atom. The van der Waals surface area contributed by atoms with E-state index in [1.807, 2.05) is 42.5 Å². The van der Waals surface area contributed by atoms with Crippen molar-refractivity contribution in [3.05, 3.63) is 109 Å². The molecule has 238 valence electrons. The molecular weight excluding hydrogens is 604 g/mol. The first-order chi connectivity index (χ1) is 23.5. The second-order valence-corrected chi connectivity index (χ2v) is 12.1. The van der Waals surface area contributed by atoms with Gasteiger partial charge in [0, 0.05) is 48.4 Å². The maximum absolute atomic E-state index is 11.6. The smallest absolute Gasteiger partial charge is 0.413 e. The summed E-state index contributed by atoms with van der Waals surface area (Å²) in [7, 11) is 1.45. The Balaban J connectivity index is 1.03. The summed E-state index contributed by atoms with van der Waals surface area (Å²) in [6, 6.07) is 28.5. The molecule has 0 atom stereocenters. The van der Waals surface area contributed by atoms with Crippen molar-refractivity contribution in [2.45, 2.75) is 25.3 Å². The minimum atomic E-state index is -1.11. The molecule has 1 saturated heterocycles. The van der Waals surface area contributed by atoms with Gasteiger partial charge in [0.2, 0.25) is 5.95 Å². The van der Waals surface area contributed by atoms with Crippen LogP contribution in [-0.4, -0.2) is 76.0 Å². The highest BCUT2D eigenvalue weighted by atomic mass is 16.4. The highest BCUT2D eigenvalue weighted by molar-refractivity contribution is 5.99. The third-order valence-electron chi connectivity index (χ3n) is 9.04. The average molecular weight is 637 g/mol. The van der Waals surface area contributed by atoms with E-state index >= 15 is 0 Å². The summed E-state index contributed by atoms with van der Waals surface area (Å²) in [5.74, 6) is 2.23. The molecule has 7 aromatic rings. The van der Waals surface area contributed by atoms with Crippen LogP contribution in [0.15, 0.2) is 97.3 Å². The number of rotatable bonds is 7. The lowest BCUT2D eigenvalue weighted by Gasteiger charge is -2.30. The van der Waals surface area contributed by atoms with Crippen molar-refractivity contribution in [1.82, 2.24) is 44.6 Å². The van der Waals surface area contributed by atoms with Gasteiger partial charge in [0.1, 0.15) is 11.5 Å². The van der Waals surface area contributed by atoms with Crippen LogP contribution in [0.5, 0.6) is 0 Å². The number of anilines is 1. The van der Waals surface area contributed by atoms with Crippen molar-refractivity contribution < 1.29 is 9.90 Å². The van der Waals surface area contributed by atoms with Gasteiger partial charge in [-0.2, -0.15) is 0 Å². The lowest BCUT2D eigenvalue weighted by Crippen LogP contribution is -2.32. The van der Waals surface area contributed by atoms with Crippen LogP contribution < -0.4 is 4.90 Å². The molecule has 6 heterocycles. The molecule has 1 fully saturated rings. The zero-order valence-electron chi connectivity index (χ0n) is 26.2. The summed E-state index contributed by atoms with van der Waals surface area (Å²) >= 11 is 0. The van der Waals surface area contributed by atoms with Gasteiger partial charge in [-0.3, -0.25) is 14.3 Å². The number of H-pyrrole nitrogens is 1. The summed E-state index contributed by atoms with van der Waals surface area (Å²) in [5, 5.41) is 27.6. The van der Waals surface area contributed by atoms with Crippen LogP contribution in [-0.2, 0) is 6.54 Å². The van der Waals surface area contributed by atoms with Gasteiger partial charge in [-0.25, -0.2) is 14.7 Å². The predicted octanol–water partition coefficient (Wildman–Crippen LogP) is 6.29. The Bertz CT molecular complexity index is 2220. The van der Waals surface area contributed by atoms with E-state index in [1.54, 1.807) is 16.8 Å². The highest BCUT2D eigenvalue weighted by Gasteiger charge is 2.24. The molecule has 0 spiro atoms. The van der Waals surface area contributed by atoms with Crippen LogP contribution in [0, 0.1) is 0 Å². The maximum atomic E-state index is 11.6. The summed E-state index contributed by atoms with van der Waals surface area (Å²) in [4.78, 5) is 28.0. The third kappa shape index (κ3) is 5.52. The second-order valence-electron chi connectivity index (χ2n) is 12.1. The number of piperidine rings is 1. The van der Waals surface area contributed by atoms with Gasteiger partial charge in [0.25, 0.3) is 0 Å². The molecular formula is C36H32N10O2. The first-order valence-electron chi connectivity index (χ1n) is 15.9. The first-order valence-corrected chi connectivity index (χ1v) is 15.9. The van der Waals surface area contributed by atoms with Crippen LogP contribution in [0.4, 0.5) is 10.7 Å². The first kappa shape index (κ1) is 29.4. The number of carbonyl (C=O) groups is 1. The number of likely N-dealkylation sites (tertiary alicyclic amines) is 1. The SMILES string of the molecule is CN(C(=O)O)c1nnc2c3cc(-c4ccccc4)c(-c4ccc(CN5CCC(c6nnc(-c7ccccn7)[nH]6)CC5)cc4)nc3ccn12. The zero-order chi connectivity index (χ0) is 32.6. The quantitative estimate of drug-likeness (QED) is 0.207. The van der Waals surface area contributed by atoms with E-state index in [9.17, 15) is 9.90 Å². The Morgan fingerprint density at radius 3 is 2.46 bits per heavy atom. The third-order valence-corrected chi connectivity index (χ3v) is 9.04. The number of aromatic nitrogens is 8. The topological polar surface area (TPSA) is 141 Å². The molecule has 8 rings (SSSR count). The number of hydrogen-bond acceptors (Lipinski definition) is 8. The molecule has 0 saturated carbocycles. The lowest BCUT2D eigenvalue weighted by atomic mass is 9.95.